The van der Waals surface area contributed by atoms with Crippen LogP contribution in [0, 0.1) is 0 Å². The largest absolute Gasteiger partial charge is 0.311 e. The van der Waals surface area contributed by atoms with Gasteiger partial charge in [0.05, 0.1) is 11.0 Å². The van der Waals surface area contributed by atoms with E-state index in [0.717, 1.165) is 45.3 Å². The third kappa shape index (κ3) is 5.70. The SMILES string of the molecule is c1ccc(N(c2ccccc2)c2ccc(-c3ccc4ccc5c6c(ccc3c46)cc3c4cc(N(c6ccncc6)c6ccncc6)ccc4n(-c4ccccc4)c35)cc2)cc1. The van der Waals surface area contributed by atoms with Gasteiger partial charge in [0.15, 0.2) is 0 Å². The molecule has 12 aromatic rings. The second-order valence-electron chi connectivity index (χ2n) is 15.5. The Kier molecular flexibility index (Phi) is 8.10. The van der Waals surface area contributed by atoms with E-state index in [1.807, 2.05) is 24.8 Å². The molecule has 3 heterocycles. The van der Waals surface area contributed by atoms with Crippen molar-refractivity contribution in [3.8, 4) is 16.8 Å². The molecule has 12 rings (SSSR count). The first-order valence-corrected chi connectivity index (χ1v) is 20.6. The predicted molar refractivity (Wildman–Crippen MR) is 255 cm³/mol. The number of fused-ring (bicyclic) bond motifs is 4. The number of para-hydroxylation sites is 3. The molecule has 0 aliphatic rings. The van der Waals surface area contributed by atoms with E-state index in [1.165, 1.54) is 59.7 Å². The lowest BCUT2D eigenvalue weighted by Gasteiger charge is -2.25. The van der Waals surface area contributed by atoms with Gasteiger partial charge < -0.3 is 14.4 Å². The smallest absolute Gasteiger partial charge is 0.0620 e. The van der Waals surface area contributed by atoms with Crippen LogP contribution in [0.3, 0.4) is 0 Å². The summed E-state index contributed by atoms with van der Waals surface area (Å²) in [5, 5.41) is 9.94. The van der Waals surface area contributed by atoms with Crippen molar-refractivity contribution < 1.29 is 0 Å². The maximum Gasteiger partial charge on any atom is 0.0620 e. The molecule has 0 amide bonds. The molecule has 3 aromatic heterocycles. The molecule has 0 atom stereocenters. The van der Waals surface area contributed by atoms with Crippen LogP contribution in [-0.2, 0) is 0 Å². The highest BCUT2D eigenvalue weighted by Crippen LogP contribution is 2.47. The van der Waals surface area contributed by atoms with Crippen LogP contribution in [-0.4, -0.2) is 14.5 Å². The normalized spacial score (nSPS) is 11.6. The van der Waals surface area contributed by atoms with Crippen LogP contribution in [0.15, 0.2) is 225 Å². The van der Waals surface area contributed by atoms with Crippen LogP contribution in [0.5, 0.6) is 0 Å². The Labute approximate surface area is 353 Å². The lowest BCUT2D eigenvalue weighted by molar-refractivity contribution is 1.18. The molecule has 286 valence electrons. The summed E-state index contributed by atoms with van der Waals surface area (Å²) in [5.74, 6) is 0. The molecule has 0 N–H and O–H groups in total. The predicted octanol–water partition coefficient (Wildman–Crippen LogP) is 15.1. The van der Waals surface area contributed by atoms with Gasteiger partial charge in [-0.3, -0.25) is 9.97 Å². The number of benzene rings is 9. The topological polar surface area (TPSA) is 37.2 Å². The molecule has 5 nitrogen and oxygen atoms in total. The number of nitrogens with zero attached hydrogens (tertiary/aromatic N) is 5. The number of aromatic nitrogens is 3. The summed E-state index contributed by atoms with van der Waals surface area (Å²) >= 11 is 0. The van der Waals surface area contributed by atoms with Crippen molar-refractivity contribution in [2.75, 3.05) is 9.80 Å². The molecule has 5 heteroatoms. The van der Waals surface area contributed by atoms with E-state index in [-0.39, 0.29) is 0 Å². The number of anilines is 6. The summed E-state index contributed by atoms with van der Waals surface area (Å²) in [6.45, 7) is 0. The number of rotatable bonds is 8. The van der Waals surface area contributed by atoms with Crippen molar-refractivity contribution in [1.29, 1.82) is 0 Å². The zero-order valence-corrected chi connectivity index (χ0v) is 33.1. The quantitative estimate of drug-likeness (QED) is 0.144. The highest BCUT2D eigenvalue weighted by Gasteiger charge is 2.22. The lowest BCUT2D eigenvalue weighted by atomic mass is 9.89. The number of hydrogen-bond donors (Lipinski definition) is 0. The van der Waals surface area contributed by atoms with Gasteiger partial charge in [0.25, 0.3) is 0 Å². The maximum absolute atomic E-state index is 4.32. The molecule has 0 unspecified atom stereocenters. The second kappa shape index (κ2) is 14.2. The molecule has 0 saturated heterocycles. The van der Waals surface area contributed by atoms with Crippen molar-refractivity contribution >= 4 is 88.2 Å². The minimum atomic E-state index is 1.03. The maximum atomic E-state index is 4.32. The molecule has 0 spiro atoms. The van der Waals surface area contributed by atoms with Crippen molar-refractivity contribution in [2.24, 2.45) is 0 Å². The first-order valence-electron chi connectivity index (χ1n) is 20.6. The molecule has 0 radical (unpaired) electrons. The van der Waals surface area contributed by atoms with Crippen LogP contribution in [0.25, 0.3) is 70.9 Å². The summed E-state index contributed by atoms with van der Waals surface area (Å²) in [5.41, 5.74) is 12.4. The van der Waals surface area contributed by atoms with Gasteiger partial charge in [0.1, 0.15) is 0 Å². The van der Waals surface area contributed by atoms with Gasteiger partial charge in [-0.15, -0.1) is 0 Å². The van der Waals surface area contributed by atoms with Crippen molar-refractivity contribution in [3.05, 3.63) is 225 Å². The van der Waals surface area contributed by atoms with E-state index >= 15 is 0 Å². The van der Waals surface area contributed by atoms with Gasteiger partial charge in [-0.1, -0.05) is 103 Å². The van der Waals surface area contributed by atoms with Crippen molar-refractivity contribution in [3.63, 3.8) is 0 Å². The Morgan fingerprint density at radius 2 is 0.852 bits per heavy atom. The highest BCUT2D eigenvalue weighted by atomic mass is 15.1. The first-order chi connectivity index (χ1) is 30.3. The van der Waals surface area contributed by atoms with E-state index < -0.39 is 0 Å². The van der Waals surface area contributed by atoms with E-state index in [9.17, 15) is 0 Å². The van der Waals surface area contributed by atoms with Gasteiger partial charge in [0, 0.05) is 80.8 Å². The Bertz CT molecular complexity index is 3420. The zero-order chi connectivity index (χ0) is 40.3. The van der Waals surface area contributed by atoms with Crippen LogP contribution < -0.4 is 9.80 Å². The lowest BCUT2D eigenvalue weighted by Crippen LogP contribution is -2.09. The van der Waals surface area contributed by atoms with Crippen molar-refractivity contribution in [2.45, 2.75) is 0 Å². The number of hydrogen-bond acceptors (Lipinski definition) is 4. The molecule has 0 bridgehead atoms. The second-order valence-corrected chi connectivity index (χ2v) is 15.5. The third-order valence-electron chi connectivity index (χ3n) is 12.1. The minimum Gasteiger partial charge on any atom is -0.311 e. The molecule has 0 fully saturated rings. The van der Waals surface area contributed by atoms with Crippen molar-refractivity contribution in [1.82, 2.24) is 14.5 Å². The summed E-state index contributed by atoms with van der Waals surface area (Å²) in [6, 6.07) is 72.3. The summed E-state index contributed by atoms with van der Waals surface area (Å²) in [4.78, 5) is 13.2. The fourth-order valence-corrected chi connectivity index (χ4v) is 9.42. The Balaban J connectivity index is 1.06. The molecule has 61 heavy (non-hydrogen) atoms. The van der Waals surface area contributed by atoms with Crippen LogP contribution in [0.4, 0.5) is 34.1 Å². The summed E-state index contributed by atoms with van der Waals surface area (Å²) < 4.78 is 2.45. The van der Waals surface area contributed by atoms with Gasteiger partial charge >= 0.3 is 0 Å². The fourth-order valence-electron chi connectivity index (χ4n) is 9.42. The highest BCUT2D eigenvalue weighted by molar-refractivity contribution is 6.33. The average molecular weight is 780 g/mol. The number of pyridine rings is 2. The van der Waals surface area contributed by atoms with E-state index in [0.29, 0.717) is 0 Å². The zero-order valence-electron chi connectivity index (χ0n) is 33.1. The molecule has 0 aliphatic carbocycles. The van der Waals surface area contributed by atoms with Gasteiger partial charge in [0.2, 0.25) is 0 Å². The van der Waals surface area contributed by atoms with Crippen LogP contribution in [0.2, 0.25) is 0 Å². The molecule has 0 saturated carbocycles. The molecule has 0 aliphatic heterocycles. The summed E-state index contributed by atoms with van der Waals surface area (Å²) in [7, 11) is 0. The average Bonchev–Trinajstić information content (AvgIpc) is 3.66. The fraction of sp³-hybridized carbons (Fsp3) is 0. The van der Waals surface area contributed by atoms with E-state index in [2.05, 4.69) is 225 Å². The van der Waals surface area contributed by atoms with E-state index in [1.54, 1.807) is 0 Å². The van der Waals surface area contributed by atoms with Gasteiger partial charge in [-0.25, -0.2) is 0 Å². The monoisotopic (exact) mass is 779 g/mol. The molecular weight excluding hydrogens is 743 g/mol. The van der Waals surface area contributed by atoms with E-state index in [4.69, 9.17) is 0 Å². The Morgan fingerprint density at radius 3 is 1.51 bits per heavy atom. The standard InChI is InChI=1S/C56H37N5/c1-4-10-41(11-5-1)59(42-12-6-2-7-13-42)44-21-16-38(17-22-44)48-24-18-39-19-26-50-55-40(20-25-49(48)54(39)55)36-52-51-37-47(23-27-53(51)61(56(50)52)43-14-8-3-9-15-43)60(45-28-32-57-33-29-45)46-30-34-58-35-31-46/h1-37H. The minimum absolute atomic E-state index is 1.03. The van der Waals surface area contributed by atoms with Crippen LogP contribution >= 0.6 is 0 Å². The Hall–Kier alpha value is -8.28. The summed E-state index contributed by atoms with van der Waals surface area (Å²) in [6.07, 6.45) is 7.38. The van der Waals surface area contributed by atoms with Gasteiger partial charge in [-0.05, 0) is 135 Å². The molecule has 9 aromatic carbocycles. The third-order valence-corrected chi connectivity index (χ3v) is 12.1. The van der Waals surface area contributed by atoms with Crippen LogP contribution in [0.1, 0.15) is 0 Å². The first kappa shape index (κ1) is 34.7. The molecular formula is C56H37N5. The Morgan fingerprint density at radius 1 is 0.344 bits per heavy atom. The van der Waals surface area contributed by atoms with Gasteiger partial charge in [-0.2, -0.15) is 0 Å².